The highest BCUT2D eigenvalue weighted by atomic mass is 35.5. The molecule has 1 aromatic heterocycles. The van der Waals surface area contributed by atoms with Crippen LogP contribution in [0.5, 0.6) is 0 Å². The molecule has 0 spiro atoms. The van der Waals surface area contributed by atoms with Gasteiger partial charge in [-0.15, -0.1) is 0 Å². The van der Waals surface area contributed by atoms with E-state index in [1.54, 1.807) is 18.2 Å². The number of hydrogen-bond acceptors (Lipinski definition) is 2. The van der Waals surface area contributed by atoms with E-state index in [2.05, 4.69) is 10.3 Å². The molecule has 0 amide bonds. The van der Waals surface area contributed by atoms with Crippen molar-refractivity contribution in [2.45, 2.75) is 6.18 Å². The van der Waals surface area contributed by atoms with Gasteiger partial charge in [0.2, 0.25) is 0 Å². The molecule has 0 saturated carbocycles. The monoisotopic (exact) mass is 306 g/mol. The predicted molar refractivity (Wildman–Crippen MR) is 69.0 cm³/mol. The van der Waals surface area contributed by atoms with Crippen molar-refractivity contribution >= 4 is 34.7 Å². The van der Waals surface area contributed by atoms with E-state index in [9.17, 15) is 13.2 Å². The number of benzene rings is 1. The van der Waals surface area contributed by atoms with Gasteiger partial charge in [0.1, 0.15) is 11.0 Å². The Bertz CT molecular complexity index is 600. The summed E-state index contributed by atoms with van der Waals surface area (Å²) in [6.45, 7) is 0. The third kappa shape index (κ3) is 3.52. The van der Waals surface area contributed by atoms with Gasteiger partial charge >= 0.3 is 6.18 Å². The molecular formula is C12H7Cl2F3N2. The molecule has 1 aromatic carbocycles. The number of nitrogens with zero attached hydrogens (tertiary/aromatic N) is 1. The first-order valence-corrected chi connectivity index (χ1v) is 5.88. The van der Waals surface area contributed by atoms with E-state index in [0.29, 0.717) is 5.82 Å². The van der Waals surface area contributed by atoms with Gasteiger partial charge in [-0.2, -0.15) is 13.2 Å². The molecule has 0 aliphatic heterocycles. The molecule has 1 N–H and O–H groups in total. The Morgan fingerprint density at radius 1 is 1.05 bits per heavy atom. The molecule has 0 unspecified atom stereocenters. The quantitative estimate of drug-likeness (QED) is 0.776. The highest BCUT2D eigenvalue weighted by Gasteiger charge is 2.30. The fraction of sp³-hybridized carbons (Fsp3) is 0.0833. The van der Waals surface area contributed by atoms with Crippen LogP contribution in [0.2, 0.25) is 10.2 Å². The van der Waals surface area contributed by atoms with E-state index in [1.165, 1.54) is 6.07 Å². The van der Waals surface area contributed by atoms with Crippen LogP contribution in [-0.4, -0.2) is 4.98 Å². The molecule has 0 bridgehead atoms. The van der Waals surface area contributed by atoms with Crippen molar-refractivity contribution < 1.29 is 13.2 Å². The zero-order valence-corrected chi connectivity index (χ0v) is 10.8. The molecule has 100 valence electrons. The van der Waals surface area contributed by atoms with Crippen molar-refractivity contribution in [3.63, 3.8) is 0 Å². The topological polar surface area (TPSA) is 24.9 Å². The average molecular weight is 307 g/mol. The lowest BCUT2D eigenvalue weighted by Gasteiger charge is -2.12. The number of pyridine rings is 1. The second-order valence-corrected chi connectivity index (χ2v) is 4.46. The van der Waals surface area contributed by atoms with E-state index >= 15 is 0 Å². The molecule has 0 atom stereocenters. The Morgan fingerprint density at radius 2 is 1.79 bits per heavy atom. The third-order valence-corrected chi connectivity index (χ3v) is 2.81. The van der Waals surface area contributed by atoms with Crippen LogP contribution in [0.4, 0.5) is 24.7 Å². The zero-order chi connectivity index (χ0) is 14.0. The summed E-state index contributed by atoms with van der Waals surface area (Å²) >= 11 is 11.5. The second-order valence-electron chi connectivity index (χ2n) is 3.66. The molecule has 0 aliphatic carbocycles. The summed E-state index contributed by atoms with van der Waals surface area (Å²) in [6.07, 6.45) is -4.43. The van der Waals surface area contributed by atoms with Crippen molar-refractivity contribution in [2.24, 2.45) is 0 Å². The van der Waals surface area contributed by atoms with Gasteiger partial charge in [-0.3, -0.25) is 0 Å². The molecule has 19 heavy (non-hydrogen) atoms. The highest BCUT2D eigenvalue weighted by molar-refractivity contribution is 6.33. The predicted octanol–water partition coefficient (Wildman–Crippen LogP) is 5.15. The highest BCUT2D eigenvalue weighted by Crippen LogP contribution is 2.34. The van der Waals surface area contributed by atoms with Crippen molar-refractivity contribution in [1.82, 2.24) is 4.98 Å². The van der Waals surface area contributed by atoms with Gasteiger partial charge in [0, 0.05) is 0 Å². The Hall–Kier alpha value is -1.46. The SMILES string of the molecule is FC(F)(F)c1ccc(Cl)c(Nc2cccc(Cl)n2)c1. The van der Waals surface area contributed by atoms with Crippen LogP contribution < -0.4 is 5.32 Å². The maximum Gasteiger partial charge on any atom is 0.416 e. The molecule has 0 aliphatic rings. The number of nitrogens with one attached hydrogen (secondary N) is 1. The Labute approximate surface area is 117 Å². The summed E-state index contributed by atoms with van der Waals surface area (Å²) in [6, 6.07) is 7.77. The van der Waals surface area contributed by atoms with Gasteiger partial charge in [-0.25, -0.2) is 4.98 Å². The summed E-state index contributed by atoms with van der Waals surface area (Å²) in [7, 11) is 0. The maximum atomic E-state index is 12.6. The van der Waals surface area contributed by atoms with Gasteiger partial charge in [0.15, 0.2) is 0 Å². The molecule has 7 heteroatoms. The minimum atomic E-state index is -4.43. The molecule has 0 radical (unpaired) electrons. The molecule has 2 aromatic rings. The first kappa shape index (κ1) is 14.0. The third-order valence-electron chi connectivity index (χ3n) is 2.27. The van der Waals surface area contributed by atoms with Gasteiger partial charge in [0.05, 0.1) is 16.3 Å². The number of halogens is 5. The lowest BCUT2D eigenvalue weighted by atomic mass is 10.2. The van der Waals surface area contributed by atoms with Crippen LogP contribution in [0.1, 0.15) is 5.56 Å². The first-order chi connectivity index (χ1) is 8.86. The summed E-state index contributed by atoms with van der Waals surface area (Å²) in [5.74, 6) is 0.314. The molecule has 2 rings (SSSR count). The summed E-state index contributed by atoms with van der Waals surface area (Å²) in [5.41, 5.74) is -0.673. The van der Waals surface area contributed by atoms with Crippen molar-refractivity contribution in [3.8, 4) is 0 Å². The van der Waals surface area contributed by atoms with E-state index in [0.717, 1.165) is 12.1 Å². The van der Waals surface area contributed by atoms with E-state index in [-0.39, 0.29) is 15.9 Å². The van der Waals surface area contributed by atoms with Crippen molar-refractivity contribution in [1.29, 1.82) is 0 Å². The minimum Gasteiger partial charge on any atom is -0.339 e. The van der Waals surface area contributed by atoms with Gasteiger partial charge in [-0.05, 0) is 30.3 Å². The van der Waals surface area contributed by atoms with E-state index in [1.807, 2.05) is 0 Å². The van der Waals surface area contributed by atoms with Gasteiger partial charge in [0.25, 0.3) is 0 Å². The van der Waals surface area contributed by atoms with Crippen LogP contribution >= 0.6 is 23.2 Å². The summed E-state index contributed by atoms with van der Waals surface area (Å²) < 4.78 is 37.8. The normalized spacial score (nSPS) is 11.4. The Kier molecular flexibility index (Phi) is 3.87. The fourth-order valence-corrected chi connectivity index (χ4v) is 1.74. The molecule has 1 heterocycles. The maximum absolute atomic E-state index is 12.6. The summed E-state index contributed by atoms with van der Waals surface area (Å²) in [4.78, 5) is 3.92. The van der Waals surface area contributed by atoms with E-state index in [4.69, 9.17) is 23.2 Å². The lowest BCUT2D eigenvalue weighted by molar-refractivity contribution is -0.137. The molecule has 0 saturated heterocycles. The van der Waals surface area contributed by atoms with Crippen LogP contribution in [-0.2, 0) is 6.18 Å². The minimum absolute atomic E-state index is 0.117. The first-order valence-electron chi connectivity index (χ1n) is 5.12. The number of hydrogen-bond donors (Lipinski definition) is 1. The van der Waals surface area contributed by atoms with Crippen LogP contribution in [0.25, 0.3) is 0 Å². The van der Waals surface area contributed by atoms with Crippen LogP contribution in [0, 0.1) is 0 Å². The largest absolute Gasteiger partial charge is 0.416 e. The molecule has 0 fully saturated rings. The van der Waals surface area contributed by atoms with Crippen LogP contribution in [0.15, 0.2) is 36.4 Å². The van der Waals surface area contributed by atoms with Gasteiger partial charge < -0.3 is 5.32 Å². The number of anilines is 2. The Balaban J connectivity index is 2.34. The van der Waals surface area contributed by atoms with Crippen molar-refractivity contribution in [2.75, 3.05) is 5.32 Å². The molecular weight excluding hydrogens is 300 g/mol. The molecule has 2 nitrogen and oxygen atoms in total. The Morgan fingerprint density at radius 3 is 2.42 bits per heavy atom. The fourth-order valence-electron chi connectivity index (χ4n) is 1.41. The van der Waals surface area contributed by atoms with Crippen LogP contribution in [0.3, 0.4) is 0 Å². The van der Waals surface area contributed by atoms with Crippen molar-refractivity contribution in [3.05, 3.63) is 52.1 Å². The smallest absolute Gasteiger partial charge is 0.339 e. The average Bonchev–Trinajstić information content (AvgIpc) is 2.30. The zero-order valence-electron chi connectivity index (χ0n) is 9.30. The summed E-state index contributed by atoms with van der Waals surface area (Å²) in [5, 5.41) is 3.09. The second kappa shape index (κ2) is 5.27. The lowest BCUT2D eigenvalue weighted by Crippen LogP contribution is -2.05. The number of aromatic nitrogens is 1. The standard InChI is InChI=1S/C12H7Cl2F3N2/c13-8-5-4-7(12(15,16)17)6-9(8)18-11-3-1-2-10(14)19-11/h1-6H,(H,18,19). The number of alkyl halides is 3. The number of rotatable bonds is 2. The van der Waals surface area contributed by atoms with E-state index < -0.39 is 11.7 Å². The van der Waals surface area contributed by atoms with Gasteiger partial charge in [-0.1, -0.05) is 29.3 Å².